The van der Waals surface area contributed by atoms with Gasteiger partial charge in [-0.1, -0.05) is 28.4 Å². The van der Waals surface area contributed by atoms with Crippen LogP contribution in [0.25, 0.3) is 0 Å². The van der Waals surface area contributed by atoms with E-state index in [1.54, 1.807) is 36.1 Å². The number of carbonyl (C=O) groups is 2. The molecule has 1 atom stereocenters. The van der Waals surface area contributed by atoms with Crippen LogP contribution < -0.4 is 5.32 Å². The molecule has 1 saturated heterocycles. The summed E-state index contributed by atoms with van der Waals surface area (Å²) >= 11 is 12.0. The number of piperazine rings is 1. The number of benzene rings is 1. The van der Waals surface area contributed by atoms with Gasteiger partial charge in [0.15, 0.2) is 5.82 Å². The fraction of sp³-hybridized carbons (Fsp3) is 0.389. The highest BCUT2D eigenvalue weighted by atomic mass is 35.5. The van der Waals surface area contributed by atoms with Crippen LogP contribution in [0.5, 0.6) is 0 Å². The number of aryl methyl sites for hydroxylation is 1. The van der Waals surface area contributed by atoms with E-state index in [-0.39, 0.29) is 17.9 Å². The van der Waals surface area contributed by atoms with Crippen molar-refractivity contribution in [2.75, 3.05) is 31.5 Å². The second-order valence-electron chi connectivity index (χ2n) is 6.44. The molecule has 0 bridgehead atoms. The first kappa shape index (κ1) is 19.7. The molecule has 27 heavy (non-hydrogen) atoms. The summed E-state index contributed by atoms with van der Waals surface area (Å²) in [6, 6.07) is 6.16. The molecular formula is C18H20Cl2N4O3. The molecule has 3 rings (SSSR count). The molecular weight excluding hydrogens is 391 g/mol. The Hall–Kier alpha value is -2.09. The normalized spacial score (nSPS) is 16.2. The minimum atomic E-state index is -0.349. The number of nitrogens with one attached hydrogen (secondary N) is 1. The minimum absolute atomic E-state index is 0.133. The van der Waals surface area contributed by atoms with Crippen molar-refractivity contribution >= 4 is 40.8 Å². The molecule has 1 fully saturated rings. The lowest BCUT2D eigenvalue weighted by atomic mass is 10.1. The zero-order valence-electron chi connectivity index (χ0n) is 15.0. The van der Waals surface area contributed by atoms with E-state index < -0.39 is 0 Å². The van der Waals surface area contributed by atoms with Gasteiger partial charge in [-0.15, -0.1) is 0 Å². The van der Waals surface area contributed by atoms with Crippen molar-refractivity contribution in [3.05, 3.63) is 45.6 Å². The molecule has 2 amide bonds. The smallest absolute Gasteiger partial charge is 0.255 e. The molecule has 1 aromatic carbocycles. The molecule has 1 N–H and O–H groups in total. The number of nitrogens with zero attached hydrogens (tertiary/aromatic N) is 3. The Morgan fingerprint density at radius 2 is 1.89 bits per heavy atom. The van der Waals surface area contributed by atoms with E-state index in [2.05, 4.69) is 10.5 Å². The summed E-state index contributed by atoms with van der Waals surface area (Å²) in [5, 5.41) is 7.33. The second-order valence-corrected chi connectivity index (χ2v) is 7.28. The SMILES string of the molecule is Cc1cc(NC(=O)C(C)N2CCN(C(=O)c3ccc(Cl)cc3Cl)CC2)no1. The van der Waals surface area contributed by atoms with Gasteiger partial charge in [0.05, 0.1) is 16.6 Å². The molecule has 7 nitrogen and oxygen atoms in total. The quantitative estimate of drug-likeness (QED) is 0.837. The molecule has 1 aliphatic rings. The van der Waals surface area contributed by atoms with E-state index in [9.17, 15) is 9.59 Å². The van der Waals surface area contributed by atoms with Gasteiger partial charge in [-0.25, -0.2) is 0 Å². The summed E-state index contributed by atoms with van der Waals surface area (Å²) < 4.78 is 4.95. The molecule has 1 aliphatic heterocycles. The summed E-state index contributed by atoms with van der Waals surface area (Å²) in [4.78, 5) is 28.8. The Kier molecular flexibility index (Phi) is 6.04. The number of aromatic nitrogens is 1. The van der Waals surface area contributed by atoms with Gasteiger partial charge in [0.25, 0.3) is 5.91 Å². The number of halogens is 2. The largest absolute Gasteiger partial charge is 0.360 e. The van der Waals surface area contributed by atoms with Crippen molar-refractivity contribution in [3.8, 4) is 0 Å². The molecule has 0 aliphatic carbocycles. The summed E-state index contributed by atoms with van der Waals surface area (Å²) in [6.07, 6.45) is 0. The highest BCUT2D eigenvalue weighted by Crippen LogP contribution is 2.23. The lowest BCUT2D eigenvalue weighted by molar-refractivity contribution is -0.121. The van der Waals surface area contributed by atoms with Crippen molar-refractivity contribution in [2.45, 2.75) is 19.9 Å². The first-order chi connectivity index (χ1) is 12.8. The maximum Gasteiger partial charge on any atom is 0.255 e. The highest BCUT2D eigenvalue weighted by Gasteiger charge is 2.29. The van der Waals surface area contributed by atoms with Crippen LogP contribution in [-0.2, 0) is 4.79 Å². The van der Waals surface area contributed by atoms with Crippen LogP contribution >= 0.6 is 23.2 Å². The Morgan fingerprint density at radius 3 is 2.48 bits per heavy atom. The van der Waals surface area contributed by atoms with Crippen molar-refractivity contribution in [1.29, 1.82) is 0 Å². The zero-order chi connectivity index (χ0) is 19.6. The third-order valence-electron chi connectivity index (χ3n) is 4.57. The Morgan fingerprint density at radius 1 is 1.19 bits per heavy atom. The van der Waals surface area contributed by atoms with Gasteiger partial charge in [-0.3, -0.25) is 14.5 Å². The van der Waals surface area contributed by atoms with Gasteiger partial charge in [0.2, 0.25) is 5.91 Å². The van der Waals surface area contributed by atoms with Crippen molar-refractivity contribution in [2.24, 2.45) is 0 Å². The van der Waals surface area contributed by atoms with E-state index in [0.717, 1.165) is 0 Å². The molecule has 9 heteroatoms. The topological polar surface area (TPSA) is 78.7 Å². The van der Waals surface area contributed by atoms with Crippen LogP contribution in [0.3, 0.4) is 0 Å². The monoisotopic (exact) mass is 410 g/mol. The minimum Gasteiger partial charge on any atom is -0.360 e. The Balaban J connectivity index is 1.56. The first-order valence-electron chi connectivity index (χ1n) is 8.57. The van der Waals surface area contributed by atoms with Crippen molar-refractivity contribution in [1.82, 2.24) is 15.0 Å². The van der Waals surface area contributed by atoms with Crippen molar-refractivity contribution in [3.63, 3.8) is 0 Å². The molecule has 2 heterocycles. The van der Waals surface area contributed by atoms with Crippen LogP contribution in [0.15, 0.2) is 28.8 Å². The molecule has 2 aromatic rings. The van der Waals surface area contributed by atoms with Gasteiger partial charge >= 0.3 is 0 Å². The van der Waals surface area contributed by atoms with E-state index in [1.807, 2.05) is 11.8 Å². The summed E-state index contributed by atoms with van der Waals surface area (Å²) in [5.74, 6) is 0.733. The van der Waals surface area contributed by atoms with Crippen LogP contribution in [0.2, 0.25) is 10.0 Å². The van der Waals surface area contributed by atoms with Gasteiger partial charge < -0.3 is 14.7 Å². The third-order valence-corrected chi connectivity index (χ3v) is 5.12. The van der Waals surface area contributed by atoms with E-state index >= 15 is 0 Å². The van der Waals surface area contributed by atoms with Crippen LogP contribution in [0.4, 0.5) is 5.82 Å². The molecule has 1 aromatic heterocycles. The first-order valence-corrected chi connectivity index (χ1v) is 9.33. The van der Waals surface area contributed by atoms with E-state index in [1.165, 1.54) is 0 Å². The van der Waals surface area contributed by atoms with Gasteiger partial charge in [-0.05, 0) is 32.0 Å². The van der Waals surface area contributed by atoms with E-state index in [4.69, 9.17) is 27.7 Å². The molecule has 144 valence electrons. The number of amides is 2. The standard InChI is InChI=1S/C18H20Cl2N4O3/c1-11-9-16(22-27-11)21-17(25)12(2)23-5-7-24(8-6-23)18(26)14-4-3-13(19)10-15(14)20/h3-4,9-10,12H,5-8H2,1-2H3,(H,21,22,25). The molecule has 0 saturated carbocycles. The van der Waals surface area contributed by atoms with Crippen molar-refractivity contribution < 1.29 is 14.1 Å². The zero-order valence-corrected chi connectivity index (χ0v) is 16.5. The average Bonchev–Trinajstić information content (AvgIpc) is 3.05. The maximum absolute atomic E-state index is 12.7. The maximum atomic E-state index is 12.7. The van der Waals surface area contributed by atoms with Crippen LogP contribution in [0.1, 0.15) is 23.0 Å². The lowest BCUT2D eigenvalue weighted by Gasteiger charge is -2.37. The molecule has 1 unspecified atom stereocenters. The van der Waals surface area contributed by atoms with E-state index in [0.29, 0.717) is 53.4 Å². The highest BCUT2D eigenvalue weighted by molar-refractivity contribution is 6.36. The predicted molar refractivity (Wildman–Crippen MR) is 103 cm³/mol. The van der Waals surface area contributed by atoms with Crippen LogP contribution in [-0.4, -0.2) is 59.0 Å². The third kappa shape index (κ3) is 4.61. The number of hydrogen-bond acceptors (Lipinski definition) is 5. The van der Waals surface area contributed by atoms with Crippen LogP contribution in [0, 0.1) is 6.92 Å². The number of hydrogen-bond donors (Lipinski definition) is 1. The lowest BCUT2D eigenvalue weighted by Crippen LogP contribution is -2.54. The van der Waals surface area contributed by atoms with Gasteiger partial charge in [-0.2, -0.15) is 0 Å². The fourth-order valence-corrected chi connectivity index (χ4v) is 3.46. The fourth-order valence-electron chi connectivity index (χ4n) is 2.97. The Bertz CT molecular complexity index is 847. The van der Waals surface area contributed by atoms with Gasteiger partial charge in [0, 0.05) is 37.3 Å². The van der Waals surface area contributed by atoms with Gasteiger partial charge in [0.1, 0.15) is 5.76 Å². The second kappa shape index (κ2) is 8.29. The summed E-state index contributed by atoms with van der Waals surface area (Å²) in [6.45, 7) is 5.79. The molecule has 0 radical (unpaired) electrons. The summed E-state index contributed by atoms with van der Waals surface area (Å²) in [7, 11) is 0. The average molecular weight is 411 g/mol. The Labute approximate surface area is 167 Å². The predicted octanol–water partition coefficient (Wildman–Crippen LogP) is 3.07. The summed E-state index contributed by atoms with van der Waals surface area (Å²) in [5.41, 5.74) is 0.432. The number of carbonyl (C=O) groups excluding carboxylic acids is 2. The number of rotatable bonds is 4. The molecule has 0 spiro atoms. The number of anilines is 1.